The van der Waals surface area contributed by atoms with E-state index in [-0.39, 0.29) is 0 Å². The van der Waals surface area contributed by atoms with E-state index in [1.54, 1.807) is 13.5 Å². The first kappa shape index (κ1) is 59.0. The second-order valence-corrected chi connectivity index (χ2v) is 73.1. The van der Waals surface area contributed by atoms with Crippen molar-refractivity contribution in [2.75, 3.05) is 0 Å². The van der Waals surface area contributed by atoms with Gasteiger partial charge in [-0.3, -0.25) is 0 Å². The van der Waals surface area contributed by atoms with Gasteiger partial charge in [0.05, 0.1) is 44.0 Å². The van der Waals surface area contributed by atoms with Crippen molar-refractivity contribution in [3.05, 3.63) is 268 Å². The minimum Gasteiger partial charge on any atom is -0.144 e. The van der Waals surface area contributed by atoms with Gasteiger partial charge in [-0.05, 0) is 183 Å². The maximum Gasteiger partial charge on any atom is 0.0827 e. The van der Waals surface area contributed by atoms with Gasteiger partial charge in [0.1, 0.15) is 0 Å². The predicted molar refractivity (Wildman–Crippen MR) is 434 cm³/mol. The van der Waals surface area contributed by atoms with Gasteiger partial charge in [-0.25, -0.2) is 0 Å². The monoisotopic (exact) mass is 1380 g/mol. The smallest absolute Gasteiger partial charge is 0.0827 e. The summed E-state index contributed by atoms with van der Waals surface area (Å²) in [5.74, 6) is 21.8. The first-order valence-electron chi connectivity index (χ1n) is 32.3. The molecule has 6 aromatic heterocycles. The Labute approximate surface area is 580 Å². The molecule has 12 aromatic carbocycles. The molecule has 0 N–H and O–H groups in total. The Morgan fingerprint density at radius 1 is 0.211 bits per heavy atom. The normalized spacial score (nSPS) is 12.5. The van der Waals surface area contributed by atoms with Gasteiger partial charge in [-0.1, -0.05) is 245 Å². The SMILES string of the molecule is C[Si](C)(c1ccc(-c2ccc(C#Cc3ccc4ccc5cccc6ccc3c4c56)s2)s1)[Si](C)([Si](C)(C)c1ccc(-c2ccc(C#Cc3ccc4ccc5cccc6ccc3c4c56)s2)s1)[Si](C)(C)c1ccc(-c2ccc(C#Cc3ccc4ccc5cccc6ccc3c4c56)s2)s1. The van der Waals surface area contributed by atoms with Crippen LogP contribution in [0.15, 0.2) is 237 Å². The lowest BCUT2D eigenvalue weighted by Gasteiger charge is -2.57. The summed E-state index contributed by atoms with van der Waals surface area (Å²) in [7, 11) is -6.75. The van der Waals surface area contributed by atoms with Crippen molar-refractivity contribution in [2.24, 2.45) is 0 Å². The maximum absolute atomic E-state index is 3.65. The average molecular weight is 1390 g/mol. The summed E-state index contributed by atoms with van der Waals surface area (Å²) in [6.45, 7) is 17.4. The fraction of sp³-hybridized carbons (Fsp3) is 0.0824. The molecule has 0 spiro atoms. The van der Waals surface area contributed by atoms with E-state index in [9.17, 15) is 0 Å². The molecule has 0 radical (unpaired) electrons. The van der Waals surface area contributed by atoms with Crippen LogP contribution < -0.4 is 13.5 Å². The zero-order valence-corrected chi connectivity index (χ0v) is 62.4. The maximum atomic E-state index is 3.65. The minimum atomic E-state index is -2.30. The quantitative estimate of drug-likeness (QED) is 0.0768. The molecular formula is C85H60S6Si4. The van der Waals surface area contributed by atoms with E-state index in [0.29, 0.717) is 0 Å². The standard InChI is InChI=1S/C85H60S6Si4/c1-92(2,77-50-47-74(89-77)71-44-38-65(86-71)35-29-53-17-20-62-26-23-56-11-8-14-59-32-41-68(53)83(62)80(56)59)95(7,93(3,4)78-51-48-75(90-78)72-45-39-66(87-72)36-30-54-18-21-63-27-24-57-12-9-15-60-33-42-69(54)84(63)81(57)60)94(5,6)79-52-49-76(91-79)73-46-40-67(88-73)37-31-55-19-22-64-28-25-58-13-10-16-61-34-43-70(55)85(64)82(58)61/h8-28,32-34,38-52H,1-7H3. The Morgan fingerprint density at radius 3 is 0.726 bits per heavy atom. The number of rotatable bonds is 9. The summed E-state index contributed by atoms with van der Waals surface area (Å²) >= 11 is 11.8. The molecule has 0 aliphatic rings. The first-order valence-corrected chi connectivity index (χ1v) is 51.7. The van der Waals surface area contributed by atoms with Crippen LogP contribution in [0.4, 0.5) is 0 Å². The fourth-order valence-electron chi connectivity index (χ4n) is 16.0. The van der Waals surface area contributed by atoms with Gasteiger partial charge < -0.3 is 0 Å². The van der Waals surface area contributed by atoms with Crippen LogP contribution in [0.2, 0.25) is 45.8 Å². The first-order chi connectivity index (χ1) is 46.2. The topological polar surface area (TPSA) is 0 Å². The van der Waals surface area contributed by atoms with Crippen molar-refractivity contribution in [2.45, 2.75) is 45.8 Å². The second-order valence-electron chi connectivity index (χ2n) is 27.1. The summed E-state index contributed by atoms with van der Waals surface area (Å²) in [5.41, 5.74) is 3.24. The third kappa shape index (κ3) is 9.35. The Balaban J connectivity index is 0.676. The largest absolute Gasteiger partial charge is 0.144 e. The molecule has 0 fully saturated rings. The van der Waals surface area contributed by atoms with Gasteiger partial charge in [0.2, 0.25) is 0 Å². The highest BCUT2D eigenvalue weighted by molar-refractivity contribution is 7.96. The molecule has 95 heavy (non-hydrogen) atoms. The molecule has 18 aromatic rings. The van der Waals surface area contributed by atoms with Crippen molar-refractivity contribution in [1.29, 1.82) is 0 Å². The van der Waals surface area contributed by atoms with E-state index < -0.39 is 29.4 Å². The molecule has 0 amide bonds. The van der Waals surface area contributed by atoms with Crippen molar-refractivity contribution >= 4 is 208 Å². The van der Waals surface area contributed by atoms with E-state index in [2.05, 4.69) is 352 Å². The summed E-state index contributed by atoms with van der Waals surface area (Å²) in [4.78, 5) is 11.3. The molecule has 452 valence electrons. The van der Waals surface area contributed by atoms with Gasteiger partial charge in [-0.2, -0.15) is 0 Å². The number of hydrogen-bond donors (Lipinski definition) is 0. The third-order valence-corrected chi connectivity index (χ3v) is 105. The Kier molecular flexibility index (Phi) is 13.9. The van der Waals surface area contributed by atoms with Crippen LogP contribution in [-0.4, -0.2) is 29.4 Å². The molecule has 6 heterocycles. The molecule has 0 nitrogen and oxygen atoms in total. The Bertz CT molecular complexity index is 5680. The predicted octanol–water partition coefficient (Wildman–Crippen LogP) is 23.4. The molecule has 0 saturated heterocycles. The summed E-state index contributed by atoms with van der Waals surface area (Å²) < 4.78 is 4.93. The van der Waals surface area contributed by atoms with Crippen molar-refractivity contribution < 1.29 is 0 Å². The highest BCUT2D eigenvalue weighted by Crippen LogP contribution is 2.45. The summed E-state index contributed by atoms with van der Waals surface area (Å²) in [6.07, 6.45) is 0. The molecule has 0 aliphatic heterocycles. The van der Waals surface area contributed by atoms with E-state index in [4.69, 9.17) is 0 Å². The molecule has 0 bridgehead atoms. The number of thiophene rings is 6. The van der Waals surface area contributed by atoms with E-state index in [0.717, 1.165) is 31.3 Å². The third-order valence-electron chi connectivity index (χ3n) is 21.5. The van der Waals surface area contributed by atoms with Crippen LogP contribution in [0.5, 0.6) is 0 Å². The summed E-state index contributed by atoms with van der Waals surface area (Å²) in [5, 5.41) is 23.1. The van der Waals surface area contributed by atoms with Crippen LogP contribution in [0.3, 0.4) is 0 Å². The van der Waals surface area contributed by atoms with Crippen LogP contribution in [-0.2, 0) is 0 Å². The van der Waals surface area contributed by atoms with E-state index in [1.807, 2.05) is 34.0 Å². The molecule has 0 unspecified atom stereocenters. The van der Waals surface area contributed by atoms with E-state index in [1.165, 1.54) is 126 Å². The molecule has 18 rings (SSSR count). The van der Waals surface area contributed by atoms with Crippen LogP contribution in [0.1, 0.15) is 31.3 Å². The highest BCUT2D eigenvalue weighted by Gasteiger charge is 2.66. The lowest BCUT2D eigenvalue weighted by molar-refractivity contribution is 1.74. The molecule has 0 atom stereocenters. The van der Waals surface area contributed by atoms with Crippen molar-refractivity contribution in [1.82, 2.24) is 0 Å². The van der Waals surface area contributed by atoms with E-state index >= 15 is 0 Å². The fourth-order valence-corrected chi connectivity index (χ4v) is 113. The number of hydrogen-bond acceptors (Lipinski definition) is 6. The molecule has 10 heteroatoms. The lowest BCUT2D eigenvalue weighted by atomic mass is 9.92. The van der Waals surface area contributed by atoms with Gasteiger partial charge >= 0.3 is 0 Å². The molecule has 0 saturated carbocycles. The zero-order chi connectivity index (χ0) is 64.1. The van der Waals surface area contributed by atoms with Gasteiger partial charge in [0.25, 0.3) is 0 Å². The van der Waals surface area contributed by atoms with Crippen LogP contribution in [0, 0.1) is 35.5 Å². The van der Waals surface area contributed by atoms with Crippen LogP contribution in [0.25, 0.3) is 126 Å². The van der Waals surface area contributed by atoms with Crippen molar-refractivity contribution in [3.63, 3.8) is 0 Å². The van der Waals surface area contributed by atoms with Gasteiger partial charge in [0, 0.05) is 46.0 Å². The molecule has 0 aliphatic carbocycles. The zero-order valence-electron chi connectivity index (χ0n) is 53.5. The highest BCUT2D eigenvalue weighted by atomic mass is 32.1. The number of benzene rings is 12. The van der Waals surface area contributed by atoms with Crippen LogP contribution >= 0.6 is 68.0 Å². The Morgan fingerprint density at radius 2 is 0.442 bits per heavy atom. The van der Waals surface area contributed by atoms with Crippen molar-refractivity contribution in [3.8, 4) is 64.8 Å². The average Bonchev–Trinajstić information content (AvgIpc) is 1.69. The minimum absolute atomic E-state index is 1.08. The van der Waals surface area contributed by atoms with Gasteiger partial charge in [-0.15, -0.1) is 68.0 Å². The Hall–Kier alpha value is -8.49. The lowest BCUT2D eigenvalue weighted by Crippen LogP contribution is -2.90. The second kappa shape index (κ2) is 22.3. The molecular weight excluding hydrogens is 1330 g/mol. The summed E-state index contributed by atoms with van der Waals surface area (Å²) in [6, 6.07) is 89.0. The van der Waals surface area contributed by atoms with Gasteiger partial charge in [0.15, 0.2) is 0 Å².